The fraction of sp³-hybridized carbons (Fsp3) is 0. The number of hydrogen-bond acceptors (Lipinski definition) is 2. The molecule has 0 atom stereocenters. The van der Waals surface area contributed by atoms with Gasteiger partial charge in [0, 0.05) is 11.1 Å². The van der Waals surface area contributed by atoms with Crippen LogP contribution in [0.15, 0.2) is 174 Å². The highest BCUT2D eigenvalue weighted by Gasteiger charge is 2.16. The SMILES string of the molecule is [C-]#[N+]c1ccc(-c2cc(-c3ccc(-c4ccccc4)cc3)c3nc(-c4ccc(-c5ccc(-c6ccccc6)cc5)cc4)oc3c2)cc1. The summed E-state index contributed by atoms with van der Waals surface area (Å²) in [6, 6.07) is 58.3. The second-order valence-electron chi connectivity index (χ2n) is 11.5. The second-order valence-corrected chi connectivity index (χ2v) is 11.5. The molecule has 7 aromatic carbocycles. The third-order valence-electron chi connectivity index (χ3n) is 8.58. The smallest absolute Gasteiger partial charge is 0.227 e. The molecule has 47 heavy (non-hydrogen) atoms. The lowest BCUT2D eigenvalue weighted by Gasteiger charge is -2.09. The van der Waals surface area contributed by atoms with Crippen molar-refractivity contribution in [2.45, 2.75) is 0 Å². The minimum Gasteiger partial charge on any atom is -0.436 e. The first-order chi connectivity index (χ1) is 23.2. The summed E-state index contributed by atoms with van der Waals surface area (Å²) in [5.41, 5.74) is 14.2. The Kier molecular flexibility index (Phi) is 7.22. The van der Waals surface area contributed by atoms with Crippen LogP contribution in [0.3, 0.4) is 0 Å². The van der Waals surface area contributed by atoms with Crippen LogP contribution in [0.1, 0.15) is 0 Å². The number of fused-ring (bicyclic) bond motifs is 1. The van der Waals surface area contributed by atoms with Crippen LogP contribution in [0.4, 0.5) is 5.69 Å². The van der Waals surface area contributed by atoms with Gasteiger partial charge in [-0.1, -0.05) is 146 Å². The van der Waals surface area contributed by atoms with Crippen molar-refractivity contribution < 1.29 is 4.42 Å². The molecule has 0 radical (unpaired) electrons. The molecule has 0 aliphatic heterocycles. The van der Waals surface area contributed by atoms with Crippen molar-refractivity contribution >= 4 is 16.8 Å². The van der Waals surface area contributed by atoms with E-state index in [1.165, 1.54) is 16.7 Å². The number of nitrogens with zero attached hydrogens (tertiary/aromatic N) is 2. The third-order valence-corrected chi connectivity index (χ3v) is 8.58. The topological polar surface area (TPSA) is 30.4 Å². The molecular formula is C44H28N2O. The molecule has 220 valence electrons. The molecular weight excluding hydrogens is 572 g/mol. The summed E-state index contributed by atoms with van der Waals surface area (Å²) in [4.78, 5) is 8.60. The largest absolute Gasteiger partial charge is 0.436 e. The Morgan fingerprint density at radius 3 is 1.30 bits per heavy atom. The van der Waals surface area contributed by atoms with Crippen LogP contribution >= 0.6 is 0 Å². The molecule has 8 aromatic rings. The van der Waals surface area contributed by atoms with Gasteiger partial charge < -0.3 is 4.42 Å². The molecule has 0 aliphatic carbocycles. The highest BCUT2D eigenvalue weighted by Crippen LogP contribution is 2.38. The van der Waals surface area contributed by atoms with E-state index in [0.29, 0.717) is 11.6 Å². The molecule has 3 nitrogen and oxygen atoms in total. The molecule has 0 aliphatic rings. The van der Waals surface area contributed by atoms with Gasteiger partial charge in [0.05, 0.1) is 6.57 Å². The van der Waals surface area contributed by atoms with Crippen LogP contribution in [0.5, 0.6) is 0 Å². The Hall–Kier alpha value is -6.50. The van der Waals surface area contributed by atoms with Crippen LogP contribution in [-0.4, -0.2) is 4.98 Å². The van der Waals surface area contributed by atoms with Gasteiger partial charge in [-0.15, -0.1) is 0 Å². The molecule has 0 fully saturated rings. The predicted molar refractivity (Wildman–Crippen MR) is 193 cm³/mol. The van der Waals surface area contributed by atoms with Gasteiger partial charge in [-0.2, -0.15) is 0 Å². The summed E-state index contributed by atoms with van der Waals surface area (Å²) < 4.78 is 6.47. The number of rotatable bonds is 6. The van der Waals surface area contributed by atoms with Gasteiger partial charge in [0.2, 0.25) is 5.89 Å². The minimum atomic E-state index is 0.577. The van der Waals surface area contributed by atoms with Crippen molar-refractivity contribution in [1.29, 1.82) is 0 Å². The molecule has 0 bridgehead atoms. The van der Waals surface area contributed by atoms with E-state index >= 15 is 0 Å². The predicted octanol–water partition coefficient (Wildman–Crippen LogP) is 12.4. The average Bonchev–Trinajstić information content (AvgIpc) is 3.60. The van der Waals surface area contributed by atoms with E-state index in [4.69, 9.17) is 16.0 Å². The fourth-order valence-electron chi connectivity index (χ4n) is 6.03. The first kappa shape index (κ1) is 28.0. The van der Waals surface area contributed by atoms with E-state index in [9.17, 15) is 0 Å². The van der Waals surface area contributed by atoms with E-state index in [1.54, 1.807) is 0 Å². The van der Waals surface area contributed by atoms with Gasteiger partial charge in [-0.3, -0.25) is 0 Å². The summed E-state index contributed by atoms with van der Waals surface area (Å²) in [5.74, 6) is 0.577. The molecule has 0 unspecified atom stereocenters. The van der Waals surface area contributed by atoms with E-state index in [0.717, 1.165) is 55.6 Å². The van der Waals surface area contributed by atoms with E-state index in [1.807, 2.05) is 42.5 Å². The zero-order chi connectivity index (χ0) is 31.6. The van der Waals surface area contributed by atoms with Crippen LogP contribution in [0.2, 0.25) is 0 Å². The van der Waals surface area contributed by atoms with Crippen LogP contribution < -0.4 is 0 Å². The Bertz CT molecular complexity index is 2350. The van der Waals surface area contributed by atoms with Gasteiger partial charge in [-0.05, 0) is 74.3 Å². The maximum absolute atomic E-state index is 7.34. The molecule has 0 spiro atoms. The lowest BCUT2D eigenvalue weighted by Crippen LogP contribution is -1.86. The quantitative estimate of drug-likeness (QED) is 0.178. The van der Waals surface area contributed by atoms with Crippen molar-refractivity contribution in [2.24, 2.45) is 0 Å². The van der Waals surface area contributed by atoms with Crippen LogP contribution in [-0.2, 0) is 0 Å². The van der Waals surface area contributed by atoms with Gasteiger partial charge in [0.1, 0.15) is 5.52 Å². The Balaban J connectivity index is 1.16. The maximum atomic E-state index is 7.34. The first-order valence-electron chi connectivity index (χ1n) is 15.6. The average molecular weight is 601 g/mol. The maximum Gasteiger partial charge on any atom is 0.227 e. The molecule has 0 saturated carbocycles. The van der Waals surface area contributed by atoms with Gasteiger partial charge in [0.15, 0.2) is 11.3 Å². The Morgan fingerprint density at radius 1 is 0.404 bits per heavy atom. The Labute approximate surface area is 273 Å². The van der Waals surface area contributed by atoms with Gasteiger partial charge in [0.25, 0.3) is 0 Å². The van der Waals surface area contributed by atoms with Crippen LogP contribution in [0.25, 0.3) is 83.0 Å². The highest BCUT2D eigenvalue weighted by atomic mass is 16.3. The Morgan fingerprint density at radius 2 is 0.809 bits per heavy atom. The normalized spacial score (nSPS) is 11.0. The lowest BCUT2D eigenvalue weighted by molar-refractivity contribution is 0.620. The van der Waals surface area contributed by atoms with Crippen molar-refractivity contribution in [2.75, 3.05) is 0 Å². The lowest BCUT2D eigenvalue weighted by atomic mass is 9.96. The molecule has 0 saturated heterocycles. The van der Waals surface area contributed by atoms with Crippen molar-refractivity contribution in [3.05, 3.63) is 181 Å². The van der Waals surface area contributed by atoms with Crippen molar-refractivity contribution in [3.63, 3.8) is 0 Å². The molecule has 0 N–H and O–H groups in total. The number of aromatic nitrogens is 1. The minimum absolute atomic E-state index is 0.577. The number of hydrogen-bond donors (Lipinski definition) is 0. The molecule has 1 aromatic heterocycles. The van der Waals surface area contributed by atoms with E-state index in [2.05, 4.69) is 132 Å². The molecule has 3 heteroatoms. The highest BCUT2D eigenvalue weighted by molar-refractivity contribution is 5.96. The summed E-state index contributed by atoms with van der Waals surface area (Å²) in [5, 5.41) is 0. The van der Waals surface area contributed by atoms with E-state index < -0.39 is 0 Å². The standard InChI is InChI=1S/C44H28N2O/c1-45-40-26-24-36(25-27-40)39-28-41(37-20-16-33(17-21-37)31-10-6-3-7-11-31)43-42(29-39)47-44(46-43)38-22-18-35(19-23-38)34-14-12-32(13-15-34)30-8-4-2-5-9-30/h2-29H. The van der Waals surface area contributed by atoms with E-state index in [-0.39, 0.29) is 0 Å². The second kappa shape index (κ2) is 12.1. The molecule has 0 amide bonds. The zero-order valence-electron chi connectivity index (χ0n) is 25.5. The van der Waals surface area contributed by atoms with Crippen molar-refractivity contribution in [1.82, 2.24) is 4.98 Å². The summed E-state index contributed by atoms with van der Waals surface area (Å²) in [6.07, 6.45) is 0. The van der Waals surface area contributed by atoms with Gasteiger partial charge >= 0.3 is 0 Å². The molecule has 1 heterocycles. The zero-order valence-corrected chi connectivity index (χ0v) is 25.5. The van der Waals surface area contributed by atoms with Crippen molar-refractivity contribution in [3.8, 4) is 67.1 Å². The van der Waals surface area contributed by atoms with Crippen LogP contribution in [0, 0.1) is 6.57 Å². The third kappa shape index (κ3) is 5.61. The summed E-state index contributed by atoms with van der Waals surface area (Å²) in [7, 11) is 0. The first-order valence-corrected chi connectivity index (χ1v) is 15.6. The number of benzene rings is 7. The fourth-order valence-corrected chi connectivity index (χ4v) is 6.03. The summed E-state index contributed by atoms with van der Waals surface area (Å²) in [6.45, 7) is 7.34. The number of oxazole rings is 1. The summed E-state index contributed by atoms with van der Waals surface area (Å²) >= 11 is 0. The molecule has 8 rings (SSSR count). The van der Waals surface area contributed by atoms with Gasteiger partial charge in [-0.25, -0.2) is 9.83 Å². The monoisotopic (exact) mass is 600 g/mol.